The Hall–Kier alpha value is -1.30. The van der Waals surface area contributed by atoms with E-state index in [1.54, 1.807) is 0 Å². The molecule has 0 aliphatic heterocycles. The summed E-state index contributed by atoms with van der Waals surface area (Å²) in [7, 11) is 0. The van der Waals surface area contributed by atoms with E-state index in [1.165, 1.54) is 22.3 Å². The summed E-state index contributed by atoms with van der Waals surface area (Å²) < 4.78 is 0. The summed E-state index contributed by atoms with van der Waals surface area (Å²) >= 11 is 0. The third-order valence-corrected chi connectivity index (χ3v) is 3.56. The minimum atomic E-state index is 0.0349. The highest BCUT2D eigenvalue weighted by Gasteiger charge is 2.36. The maximum absolute atomic E-state index is 4.20. The van der Waals surface area contributed by atoms with Crippen molar-refractivity contribution in [3.63, 3.8) is 0 Å². The van der Waals surface area contributed by atoms with Gasteiger partial charge in [0, 0.05) is 5.41 Å². The maximum atomic E-state index is 4.20. The van der Waals surface area contributed by atoms with Crippen LogP contribution in [0.15, 0.2) is 59.3 Å². The summed E-state index contributed by atoms with van der Waals surface area (Å²) in [6.45, 7) is 26.9. The van der Waals surface area contributed by atoms with Crippen LogP contribution in [0.1, 0.15) is 62.3 Å². The zero-order chi connectivity index (χ0) is 16.5. The van der Waals surface area contributed by atoms with E-state index >= 15 is 0 Å². The van der Waals surface area contributed by atoms with Crippen LogP contribution in [0.2, 0.25) is 0 Å². The highest BCUT2D eigenvalue weighted by Crippen LogP contribution is 2.49. The molecule has 0 heterocycles. The van der Waals surface area contributed by atoms with Gasteiger partial charge in [0.05, 0.1) is 0 Å². The molecule has 0 spiro atoms. The van der Waals surface area contributed by atoms with Crippen molar-refractivity contribution in [2.24, 2.45) is 5.41 Å². The SMILES string of the molecule is C=CC1=C(C)C(=C)/C(=C\C(C)=C/C)C1(C)C.CC.CC. The summed E-state index contributed by atoms with van der Waals surface area (Å²) in [5.74, 6) is 0. The number of hydrogen-bond acceptors (Lipinski definition) is 0. The second-order valence-electron chi connectivity index (χ2n) is 4.94. The molecule has 0 aromatic heterocycles. The predicted molar refractivity (Wildman–Crippen MR) is 96.0 cm³/mol. The number of rotatable bonds is 2. The van der Waals surface area contributed by atoms with Crippen LogP contribution in [0.4, 0.5) is 0 Å². The average molecular weight is 274 g/mol. The lowest BCUT2D eigenvalue weighted by Gasteiger charge is -2.23. The smallest absolute Gasteiger partial charge is 0.0155 e. The molecule has 0 saturated carbocycles. The standard InChI is InChI=1S/C16H22.2C2H6/c1-8-11(3)10-15-13(5)12(4)14(9-2)16(15,6)7;2*1-2/h8-10H,2,5H2,1,3-4,6-7H3;2*1-2H3/b11-8-,15-10+;;. The molecule has 0 aromatic carbocycles. The molecular weight excluding hydrogens is 240 g/mol. The first-order valence-corrected chi connectivity index (χ1v) is 7.74. The van der Waals surface area contributed by atoms with Gasteiger partial charge in [0.2, 0.25) is 0 Å². The molecule has 0 aromatic rings. The van der Waals surface area contributed by atoms with Gasteiger partial charge in [0.15, 0.2) is 0 Å². The van der Waals surface area contributed by atoms with Gasteiger partial charge >= 0.3 is 0 Å². The van der Waals surface area contributed by atoms with E-state index in [9.17, 15) is 0 Å². The van der Waals surface area contributed by atoms with Gasteiger partial charge in [-0.2, -0.15) is 0 Å². The van der Waals surface area contributed by atoms with E-state index in [-0.39, 0.29) is 5.41 Å². The van der Waals surface area contributed by atoms with Crippen molar-refractivity contribution in [2.75, 3.05) is 0 Å². The molecule has 0 bridgehead atoms. The first-order valence-electron chi connectivity index (χ1n) is 7.74. The van der Waals surface area contributed by atoms with Crippen molar-refractivity contribution in [3.05, 3.63) is 59.3 Å². The Kier molecular flexibility index (Phi) is 10.1. The molecule has 0 saturated heterocycles. The predicted octanol–water partition coefficient (Wildman–Crippen LogP) is 7.03. The van der Waals surface area contributed by atoms with E-state index in [0.717, 1.165) is 5.57 Å². The molecule has 0 nitrogen and oxygen atoms in total. The second kappa shape index (κ2) is 9.58. The molecule has 0 atom stereocenters. The van der Waals surface area contributed by atoms with E-state index in [2.05, 4.69) is 59.9 Å². The van der Waals surface area contributed by atoms with Crippen LogP contribution in [-0.4, -0.2) is 0 Å². The van der Waals surface area contributed by atoms with Gasteiger partial charge in [-0.05, 0) is 43.1 Å². The van der Waals surface area contributed by atoms with E-state index in [1.807, 2.05) is 33.8 Å². The lowest BCUT2D eigenvalue weighted by molar-refractivity contribution is 0.578. The maximum Gasteiger partial charge on any atom is 0.0155 e. The molecule has 0 N–H and O–H groups in total. The zero-order valence-electron chi connectivity index (χ0n) is 15.1. The van der Waals surface area contributed by atoms with Crippen molar-refractivity contribution >= 4 is 0 Å². The second-order valence-corrected chi connectivity index (χ2v) is 4.94. The van der Waals surface area contributed by atoms with Crippen LogP contribution >= 0.6 is 0 Å². The van der Waals surface area contributed by atoms with Crippen LogP contribution in [0.3, 0.4) is 0 Å². The van der Waals surface area contributed by atoms with Gasteiger partial charge in [-0.25, -0.2) is 0 Å². The van der Waals surface area contributed by atoms with Crippen LogP contribution < -0.4 is 0 Å². The van der Waals surface area contributed by atoms with Crippen molar-refractivity contribution in [2.45, 2.75) is 62.3 Å². The fraction of sp³-hybridized carbons (Fsp3) is 0.500. The lowest BCUT2D eigenvalue weighted by atomic mass is 9.80. The number of hydrogen-bond donors (Lipinski definition) is 0. The fourth-order valence-electron chi connectivity index (χ4n) is 2.34. The van der Waals surface area contributed by atoms with Crippen LogP contribution in [0, 0.1) is 5.41 Å². The molecule has 1 rings (SSSR count). The van der Waals surface area contributed by atoms with E-state index in [4.69, 9.17) is 0 Å². The molecule has 0 heteroatoms. The van der Waals surface area contributed by atoms with Crippen LogP contribution in [-0.2, 0) is 0 Å². The van der Waals surface area contributed by atoms with Crippen LogP contribution in [0.25, 0.3) is 0 Å². The minimum Gasteiger partial charge on any atom is -0.0987 e. The summed E-state index contributed by atoms with van der Waals surface area (Å²) in [4.78, 5) is 0. The lowest BCUT2D eigenvalue weighted by Crippen LogP contribution is -2.12. The van der Waals surface area contributed by atoms with Crippen LogP contribution in [0.5, 0.6) is 0 Å². The molecule has 0 unspecified atom stereocenters. The highest BCUT2D eigenvalue weighted by atomic mass is 14.4. The first-order chi connectivity index (χ1) is 9.36. The fourth-order valence-corrected chi connectivity index (χ4v) is 2.34. The van der Waals surface area contributed by atoms with Gasteiger partial charge < -0.3 is 0 Å². The summed E-state index contributed by atoms with van der Waals surface area (Å²) in [6.07, 6.45) is 6.33. The highest BCUT2D eigenvalue weighted by molar-refractivity contribution is 5.63. The average Bonchev–Trinajstić information content (AvgIpc) is 2.62. The molecular formula is C20H34. The van der Waals surface area contributed by atoms with Gasteiger partial charge in [-0.3, -0.25) is 0 Å². The molecule has 1 aliphatic rings. The van der Waals surface area contributed by atoms with Crippen molar-refractivity contribution in [1.29, 1.82) is 0 Å². The Bertz CT molecular complexity index is 423. The van der Waals surface area contributed by atoms with Gasteiger partial charge in [0.1, 0.15) is 0 Å². The summed E-state index contributed by atoms with van der Waals surface area (Å²) in [6, 6.07) is 0. The summed E-state index contributed by atoms with van der Waals surface area (Å²) in [5.41, 5.74) is 6.36. The Morgan fingerprint density at radius 3 is 1.85 bits per heavy atom. The Labute approximate surface area is 127 Å². The molecule has 0 fully saturated rings. The summed E-state index contributed by atoms with van der Waals surface area (Å²) in [5, 5.41) is 0. The quantitative estimate of drug-likeness (QED) is 0.507. The normalized spacial score (nSPS) is 19.1. The zero-order valence-corrected chi connectivity index (χ0v) is 15.1. The molecule has 114 valence electrons. The van der Waals surface area contributed by atoms with Gasteiger partial charge in [-0.1, -0.05) is 78.5 Å². The van der Waals surface area contributed by atoms with Gasteiger partial charge in [0.25, 0.3) is 0 Å². The molecule has 1 aliphatic carbocycles. The minimum absolute atomic E-state index is 0.0349. The largest absolute Gasteiger partial charge is 0.0987 e. The number of allylic oxidation sites excluding steroid dienone is 8. The molecule has 0 amide bonds. The molecule has 0 radical (unpaired) electrons. The molecule has 20 heavy (non-hydrogen) atoms. The van der Waals surface area contributed by atoms with Crippen molar-refractivity contribution in [1.82, 2.24) is 0 Å². The third-order valence-electron chi connectivity index (χ3n) is 3.56. The topological polar surface area (TPSA) is 0 Å². The van der Waals surface area contributed by atoms with Gasteiger partial charge in [-0.15, -0.1) is 0 Å². The Balaban J connectivity index is 0. The van der Waals surface area contributed by atoms with E-state index in [0.29, 0.717) is 0 Å². The monoisotopic (exact) mass is 274 g/mol. The first kappa shape index (κ1) is 21.0. The Morgan fingerprint density at radius 2 is 1.55 bits per heavy atom. The van der Waals surface area contributed by atoms with E-state index < -0.39 is 0 Å². The van der Waals surface area contributed by atoms with Crippen molar-refractivity contribution in [3.8, 4) is 0 Å². The third kappa shape index (κ3) is 4.37. The Morgan fingerprint density at radius 1 is 1.10 bits per heavy atom. The van der Waals surface area contributed by atoms with Crippen molar-refractivity contribution < 1.29 is 0 Å².